The molecule has 1 amide bonds. The quantitative estimate of drug-likeness (QED) is 0.865. The summed E-state index contributed by atoms with van der Waals surface area (Å²) < 4.78 is 0. The Kier molecular flexibility index (Phi) is 3.97. The molecular formula is C12H10Cl2N4O. The van der Waals surface area contributed by atoms with Gasteiger partial charge in [0.1, 0.15) is 17.0 Å². The topological polar surface area (TPSA) is 67.8 Å². The molecule has 0 unspecified atom stereocenters. The van der Waals surface area contributed by atoms with Crippen LogP contribution in [0.2, 0.25) is 10.2 Å². The van der Waals surface area contributed by atoms with Crippen LogP contribution in [0.15, 0.2) is 18.5 Å². The minimum atomic E-state index is -0.400. The van der Waals surface area contributed by atoms with Crippen molar-refractivity contribution in [1.29, 1.82) is 0 Å². The third-order valence-electron chi connectivity index (χ3n) is 2.31. The highest BCUT2D eigenvalue weighted by atomic mass is 35.5. The van der Waals surface area contributed by atoms with Crippen molar-refractivity contribution < 1.29 is 4.79 Å². The Bertz CT molecular complexity index is 625. The molecular weight excluding hydrogens is 287 g/mol. The van der Waals surface area contributed by atoms with Crippen molar-refractivity contribution in [2.75, 3.05) is 5.32 Å². The highest BCUT2D eigenvalue weighted by molar-refractivity contribution is 6.43. The van der Waals surface area contributed by atoms with Gasteiger partial charge in [0.15, 0.2) is 11.0 Å². The minimum Gasteiger partial charge on any atom is -0.304 e. The maximum absolute atomic E-state index is 12.0. The monoisotopic (exact) mass is 296 g/mol. The van der Waals surface area contributed by atoms with Crippen molar-refractivity contribution in [3.05, 3.63) is 45.6 Å². The zero-order valence-electron chi connectivity index (χ0n) is 10.2. The molecule has 2 heterocycles. The van der Waals surface area contributed by atoms with E-state index in [2.05, 4.69) is 20.3 Å². The van der Waals surface area contributed by atoms with E-state index >= 15 is 0 Å². The van der Waals surface area contributed by atoms with Crippen LogP contribution in [-0.2, 0) is 0 Å². The fourth-order valence-corrected chi connectivity index (χ4v) is 1.84. The number of halogens is 2. The molecule has 0 radical (unpaired) electrons. The first-order chi connectivity index (χ1) is 8.97. The zero-order chi connectivity index (χ0) is 14.0. The fraction of sp³-hybridized carbons (Fsp3) is 0.167. The first-order valence-corrected chi connectivity index (χ1v) is 6.15. The van der Waals surface area contributed by atoms with Gasteiger partial charge in [-0.15, -0.1) is 0 Å². The number of aryl methyl sites for hydroxylation is 2. The number of aromatic nitrogens is 3. The Hall–Kier alpha value is -1.72. The van der Waals surface area contributed by atoms with E-state index in [-0.39, 0.29) is 16.0 Å². The smallest absolute Gasteiger partial charge is 0.275 e. The summed E-state index contributed by atoms with van der Waals surface area (Å²) in [7, 11) is 0. The molecule has 1 N–H and O–H groups in total. The maximum Gasteiger partial charge on any atom is 0.275 e. The zero-order valence-corrected chi connectivity index (χ0v) is 11.7. The van der Waals surface area contributed by atoms with Crippen LogP contribution in [0.1, 0.15) is 21.7 Å². The first-order valence-electron chi connectivity index (χ1n) is 5.40. The van der Waals surface area contributed by atoms with E-state index in [0.29, 0.717) is 5.69 Å². The van der Waals surface area contributed by atoms with Crippen molar-refractivity contribution >= 4 is 34.9 Å². The number of nitrogens with zero attached hydrogens (tertiary/aromatic N) is 3. The SMILES string of the molecule is Cc1cc(C)nc(C(=O)Nc2ncnc(Cl)c2Cl)c1. The van der Waals surface area contributed by atoms with Crippen molar-refractivity contribution in [3.63, 3.8) is 0 Å². The predicted molar refractivity (Wildman–Crippen MR) is 73.7 cm³/mol. The van der Waals surface area contributed by atoms with Gasteiger partial charge in [-0.3, -0.25) is 4.79 Å². The largest absolute Gasteiger partial charge is 0.304 e. The molecule has 2 rings (SSSR count). The second-order valence-corrected chi connectivity index (χ2v) is 4.69. The van der Waals surface area contributed by atoms with Gasteiger partial charge < -0.3 is 5.32 Å². The number of hydrogen-bond donors (Lipinski definition) is 1. The number of nitrogens with one attached hydrogen (secondary N) is 1. The Labute approximate surface area is 120 Å². The molecule has 7 heteroatoms. The molecule has 2 aromatic rings. The summed E-state index contributed by atoms with van der Waals surface area (Å²) in [6.45, 7) is 3.71. The van der Waals surface area contributed by atoms with Crippen LogP contribution in [0.5, 0.6) is 0 Å². The minimum absolute atomic E-state index is 0.0837. The van der Waals surface area contributed by atoms with Gasteiger partial charge in [-0.25, -0.2) is 15.0 Å². The Balaban J connectivity index is 2.28. The standard InChI is InChI=1S/C12H10Cl2N4O/c1-6-3-7(2)17-8(4-6)12(19)18-11-9(13)10(14)15-5-16-11/h3-5H,1-2H3,(H,15,16,18,19). The van der Waals surface area contributed by atoms with Gasteiger partial charge in [0.05, 0.1) is 0 Å². The number of rotatable bonds is 2. The van der Waals surface area contributed by atoms with E-state index in [1.807, 2.05) is 19.9 Å². The molecule has 0 spiro atoms. The summed E-state index contributed by atoms with van der Waals surface area (Å²) in [5.74, 6) is -0.240. The fourth-order valence-electron chi connectivity index (χ4n) is 1.56. The van der Waals surface area contributed by atoms with Crippen LogP contribution in [0, 0.1) is 13.8 Å². The van der Waals surface area contributed by atoms with Crippen LogP contribution >= 0.6 is 23.2 Å². The summed E-state index contributed by atoms with van der Waals surface area (Å²) in [5, 5.41) is 2.74. The van der Waals surface area contributed by atoms with Crippen LogP contribution < -0.4 is 5.32 Å². The van der Waals surface area contributed by atoms with Crippen LogP contribution in [-0.4, -0.2) is 20.9 Å². The summed E-state index contributed by atoms with van der Waals surface area (Å²) in [6.07, 6.45) is 1.22. The van der Waals surface area contributed by atoms with Crippen LogP contribution in [0.3, 0.4) is 0 Å². The third-order valence-corrected chi connectivity index (χ3v) is 3.05. The Morgan fingerprint density at radius 3 is 2.63 bits per heavy atom. The van der Waals surface area contributed by atoms with Gasteiger partial charge >= 0.3 is 0 Å². The molecule has 0 aliphatic heterocycles. The normalized spacial score (nSPS) is 10.3. The van der Waals surface area contributed by atoms with Gasteiger partial charge in [-0.05, 0) is 31.5 Å². The summed E-state index contributed by atoms with van der Waals surface area (Å²) in [5.41, 5.74) is 2.00. The predicted octanol–water partition coefficient (Wildman–Crippen LogP) is 3.05. The third kappa shape index (κ3) is 3.19. The number of hydrogen-bond acceptors (Lipinski definition) is 4. The number of carbonyl (C=O) groups excluding carboxylic acids is 1. The molecule has 0 aliphatic rings. The Morgan fingerprint density at radius 2 is 1.95 bits per heavy atom. The second-order valence-electron chi connectivity index (χ2n) is 3.95. The van der Waals surface area contributed by atoms with Crippen molar-refractivity contribution in [1.82, 2.24) is 15.0 Å². The molecule has 0 bridgehead atoms. The number of pyridine rings is 1. The number of carbonyl (C=O) groups is 1. The molecule has 98 valence electrons. The Morgan fingerprint density at radius 1 is 1.21 bits per heavy atom. The molecule has 0 saturated carbocycles. The van der Waals surface area contributed by atoms with E-state index in [4.69, 9.17) is 23.2 Å². The molecule has 0 aliphatic carbocycles. The average Bonchev–Trinajstić information content (AvgIpc) is 2.33. The maximum atomic E-state index is 12.0. The lowest BCUT2D eigenvalue weighted by Crippen LogP contribution is -2.15. The first kappa shape index (κ1) is 13.7. The van der Waals surface area contributed by atoms with Crippen LogP contribution in [0.4, 0.5) is 5.82 Å². The van der Waals surface area contributed by atoms with E-state index in [9.17, 15) is 4.79 Å². The van der Waals surface area contributed by atoms with Crippen molar-refractivity contribution in [2.45, 2.75) is 13.8 Å². The molecule has 5 nitrogen and oxygen atoms in total. The summed E-state index contributed by atoms with van der Waals surface area (Å²) in [6, 6.07) is 3.56. The lowest BCUT2D eigenvalue weighted by atomic mass is 10.2. The number of anilines is 1. The summed E-state index contributed by atoms with van der Waals surface area (Å²) >= 11 is 11.6. The summed E-state index contributed by atoms with van der Waals surface area (Å²) in [4.78, 5) is 23.8. The molecule has 0 saturated heterocycles. The van der Waals surface area contributed by atoms with E-state index in [1.165, 1.54) is 6.33 Å². The molecule has 2 aromatic heterocycles. The van der Waals surface area contributed by atoms with E-state index < -0.39 is 5.91 Å². The van der Waals surface area contributed by atoms with Gasteiger partial charge in [-0.1, -0.05) is 23.2 Å². The molecule has 0 atom stereocenters. The van der Waals surface area contributed by atoms with Gasteiger partial charge in [-0.2, -0.15) is 0 Å². The number of amides is 1. The second kappa shape index (κ2) is 5.50. The van der Waals surface area contributed by atoms with E-state index in [0.717, 1.165) is 11.3 Å². The lowest BCUT2D eigenvalue weighted by Gasteiger charge is -2.07. The van der Waals surface area contributed by atoms with Gasteiger partial charge in [0, 0.05) is 5.69 Å². The van der Waals surface area contributed by atoms with Gasteiger partial charge in [0.2, 0.25) is 0 Å². The van der Waals surface area contributed by atoms with Gasteiger partial charge in [0.25, 0.3) is 5.91 Å². The van der Waals surface area contributed by atoms with Crippen molar-refractivity contribution in [3.8, 4) is 0 Å². The molecule has 0 fully saturated rings. The molecule has 19 heavy (non-hydrogen) atoms. The highest BCUT2D eigenvalue weighted by Gasteiger charge is 2.13. The van der Waals surface area contributed by atoms with Crippen molar-refractivity contribution in [2.24, 2.45) is 0 Å². The highest BCUT2D eigenvalue weighted by Crippen LogP contribution is 2.25. The lowest BCUT2D eigenvalue weighted by molar-refractivity contribution is 0.102. The van der Waals surface area contributed by atoms with Crippen LogP contribution in [0.25, 0.3) is 0 Å². The average molecular weight is 297 g/mol. The van der Waals surface area contributed by atoms with E-state index in [1.54, 1.807) is 6.07 Å². The molecule has 0 aromatic carbocycles.